The molecule has 0 saturated carbocycles. The summed E-state index contributed by atoms with van der Waals surface area (Å²) < 4.78 is 5.02. The van der Waals surface area contributed by atoms with Gasteiger partial charge in [0.2, 0.25) is 0 Å². The highest BCUT2D eigenvalue weighted by Gasteiger charge is 2.24. The van der Waals surface area contributed by atoms with Crippen molar-refractivity contribution in [1.29, 1.82) is 0 Å². The van der Waals surface area contributed by atoms with Crippen molar-refractivity contribution >= 4 is 24.8 Å². The summed E-state index contributed by atoms with van der Waals surface area (Å²) in [5.74, 6) is 0. The van der Waals surface area contributed by atoms with E-state index in [1.54, 1.807) is 0 Å². The van der Waals surface area contributed by atoms with E-state index in [4.69, 9.17) is 4.74 Å². The van der Waals surface area contributed by atoms with Crippen molar-refractivity contribution in [2.75, 3.05) is 26.3 Å². The van der Waals surface area contributed by atoms with Crippen LogP contribution < -0.4 is 10.6 Å². The molecule has 0 radical (unpaired) electrons. The third-order valence-electron chi connectivity index (χ3n) is 1.89. The summed E-state index contributed by atoms with van der Waals surface area (Å²) in [5.41, 5.74) is 0. The maximum atomic E-state index is 5.02. The first-order chi connectivity index (χ1) is 4.45. The number of nitrogens with one attached hydrogen (secondary N) is 2. The van der Waals surface area contributed by atoms with Gasteiger partial charge in [-0.05, 0) is 0 Å². The van der Waals surface area contributed by atoms with E-state index in [0.717, 1.165) is 32.3 Å². The first kappa shape index (κ1) is 11.5. The highest BCUT2D eigenvalue weighted by atomic mass is 35.5. The molecule has 2 saturated heterocycles. The molecule has 2 aliphatic rings. The van der Waals surface area contributed by atoms with Crippen LogP contribution >= 0.6 is 24.8 Å². The molecule has 0 spiro atoms. The smallest absolute Gasteiger partial charge is 0.0643 e. The Morgan fingerprint density at radius 3 is 2.00 bits per heavy atom. The van der Waals surface area contributed by atoms with E-state index in [2.05, 4.69) is 10.6 Å². The molecule has 3 nitrogen and oxygen atoms in total. The third-order valence-corrected chi connectivity index (χ3v) is 1.89. The van der Waals surface area contributed by atoms with Crippen LogP contribution in [-0.2, 0) is 4.74 Å². The van der Waals surface area contributed by atoms with Gasteiger partial charge in [-0.1, -0.05) is 0 Å². The lowest BCUT2D eigenvalue weighted by Crippen LogP contribution is -2.61. The van der Waals surface area contributed by atoms with Gasteiger partial charge >= 0.3 is 0 Å². The minimum absolute atomic E-state index is 0. The summed E-state index contributed by atoms with van der Waals surface area (Å²) in [4.78, 5) is 0. The van der Waals surface area contributed by atoms with E-state index in [9.17, 15) is 0 Å². The molecular formula is C6H14Cl2N2O. The zero-order chi connectivity index (χ0) is 6.10. The minimum Gasteiger partial charge on any atom is -0.378 e. The Morgan fingerprint density at radius 1 is 1.09 bits per heavy atom. The van der Waals surface area contributed by atoms with Crippen LogP contribution in [0.2, 0.25) is 0 Å². The summed E-state index contributed by atoms with van der Waals surface area (Å²) in [7, 11) is 0. The zero-order valence-electron chi connectivity index (χ0n) is 6.21. The first-order valence-electron chi connectivity index (χ1n) is 3.49. The largest absolute Gasteiger partial charge is 0.378 e. The Balaban J connectivity index is 0.000000500. The maximum absolute atomic E-state index is 5.02. The van der Waals surface area contributed by atoms with Crippen LogP contribution in [-0.4, -0.2) is 38.4 Å². The fraction of sp³-hybridized carbons (Fsp3) is 1.00. The van der Waals surface area contributed by atoms with Gasteiger partial charge in [-0.15, -0.1) is 24.8 Å². The third kappa shape index (κ3) is 2.76. The molecule has 2 N–H and O–H groups in total. The SMILES string of the molecule is C1NCC1NC1COC1.Cl.Cl. The van der Waals surface area contributed by atoms with Gasteiger partial charge in [-0.3, -0.25) is 0 Å². The Labute approximate surface area is 79.1 Å². The van der Waals surface area contributed by atoms with E-state index in [0.29, 0.717) is 6.04 Å². The van der Waals surface area contributed by atoms with Crippen molar-refractivity contribution in [3.8, 4) is 0 Å². The fourth-order valence-corrected chi connectivity index (χ4v) is 1.07. The van der Waals surface area contributed by atoms with Crippen LogP contribution in [0.4, 0.5) is 0 Å². The topological polar surface area (TPSA) is 33.3 Å². The van der Waals surface area contributed by atoms with Gasteiger partial charge in [-0.2, -0.15) is 0 Å². The zero-order valence-corrected chi connectivity index (χ0v) is 7.84. The predicted octanol–water partition coefficient (Wildman–Crippen LogP) is -0.210. The molecule has 0 bridgehead atoms. The average Bonchev–Trinajstić information content (AvgIpc) is 1.57. The lowest BCUT2D eigenvalue weighted by molar-refractivity contribution is -0.0127. The molecule has 0 unspecified atom stereocenters. The van der Waals surface area contributed by atoms with E-state index >= 15 is 0 Å². The molecule has 0 aromatic rings. The molecule has 2 heterocycles. The summed E-state index contributed by atoms with van der Waals surface area (Å²) >= 11 is 0. The monoisotopic (exact) mass is 200 g/mol. The van der Waals surface area contributed by atoms with Crippen molar-refractivity contribution in [3.63, 3.8) is 0 Å². The van der Waals surface area contributed by atoms with Crippen LogP contribution in [0.25, 0.3) is 0 Å². The van der Waals surface area contributed by atoms with Crippen molar-refractivity contribution in [2.24, 2.45) is 0 Å². The highest BCUT2D eigenvalue weighted by molar-refractivity contribution is 5.85. The number of rotatable bonds is 2. The lowest BCUT2D eigenvalue weighted by atomic mass is 10.1. The van der Waals surface area contributed by atoms with Crippen LogP contribution in [0.3, 0.4) is 0 Å². The molecule has 2 aliphatic heterocycles. The second-order valence-corrected chi connectivity index (χ2v) is 2.76. The van der Waals surface area contributed by atoms with Gasteiger partial charge in [0.15, 0.2) is 0 Å². The van der Waals surface area contributed by atoms with E-state index in [1.165, 1.54) is 0 Å². The second-order valence-electron chi connectivity index (χ2n) is 2.76. The normalized spacial score (nSPS) is 24.0. The second kappa shape index (κ2) is 5.17. The van der Waals surface area contributed by atoms with Crippen molar-refractivity contribution in [1.82, 2.24) is 10.6 Å². The summed E-state index contributed by atoms with van der Waals surface area (Å²) in [5, 5.41) is 6.68. The van der Waals surface area contributed by atoms with Crippen LogP contribution in [0.5, 0.6) is 0 Å². The Bertz CT molecular complexity index is 94.8. The lowest BCUT2D eigenvalue weighted by Gasteiger charge is -2.36. The summed E-state index contributed by atoms with van der Waals surface area (Å²) in [6.07, 6.45) is 0. The molecule has 68 valence electrons. The van der Waals surface area contributed by atoms with E-state index < -0.39 is 0 Å². The maximum Gasteiger partial charge on any atom is 0.0643 e. The molecule has 2 fully saturated rings. The summed E-state index contributed by atoms with van der Waals surface area (Å²) in [6, 6.07) is 1.37. The Hall–Kier alpha value is 0.460. The highest BCUT2D eigenvalue weighted by Crippen LogP contribution is 2.02. The van der Waals surface area contributed by atoms with Gasteiger partial charge in [0, 0.05) is 19.1 Å². The van der Waals surface area contributed by atoms with Crippen molar-refractivity contribution < 1.29 is 4.74 Å². The quantitative estimate of drug-likeness (QED) is 0.648. The molecule has 2 rings (SSSR count). The fourth-order valence-electron chi connectivity index (χ4n) is 1.07. The van der Waals surface area contributed by atoms with Crippen molar-refractivity contribution in [2.45, 2.75) is 12.1 Å². The van der Waals surface area contributed by atoms with Crippen LogP contribution in [0.1, 0.15) is 0 Å². The van der Waals surface area contributed by atoms with Gasteiger partial charge in [-0.25, -0.2) is 0 Å². The molecule has 0 amide bonds. The molecule has 11 heavy (non-hydrogen) atoms. The van der Waals surface area contributed by atoms with Gasteiger partial charge in [0.1, 0.15) is 0 Å². The molecule has 0 aliphatic carbocycles. The molecule has 0 aromatic heterocycles. The number of hydrogen-bond donors (Lipinski definition) is 2. The standard InChI is InChI=1S/C6H12N2O.2ClH/c1-5(2-7-1)8-6-3-9-4-6;;/h5-8H,1-4H2;2*1H. The molecule has 0 aromatic carbocycles. The summed E-state index contributed by atoms with van der Waals surface area (Å²) in [6.45, 7) is 4.10. The van der Waals surface area contributed by atoms with Crippen LogP contribution in [0, 0.1) is 0 Å². The molecule has 0 atom stereocenters. The van der Waals surface area contributed by atoms with Gasteiger partial charge in [0.25, 0.3) is 0 Å². The molecular weight excluding hydrogens is 187 g/mol. The number of ether oxygens (including phenoxy) is 1. The average molecular weight is 201 g/mol. The Kier molecular flexibility index (Phi) is 5.38. The van der Waals surface area contributed by atoms with E-state index in [-0.39, 0.29) is 24.8 Å². The van der Waals surface area contributed by atoms with Gasteiger partial charge < -0.3 is 15.4 Å². The van der Waals surface area contributed by atoms with Crippen molar-refractivity contribution in [3.05, 3.63) is 0 Å². The Morgan fingerprint density at radius 2 is 1.73 bits per heavy atom. The number of hydrogen-bond acceptors (Lipinski definition) is 3. The van der Waals surface area contributed by atoms with Crippen LogP contribution in [0.15, 0.2) is 0 Å². The number of halogens is 2. The van der Waals surface area contributed by atoms with E-state index in [1.807, 2.05) is 0 Å². The first-order valence-corrected chi connectivity index (χ1v) is 3.49. The minimum atomic E-state index is 0. The van der Waals surface area contributed by atoms with Gasteiger partial charge in [0.05, 0.1) is 19.3 Å². The molecule has 5 heteroatoms. The predicted molar refractivity (Wildman–Crippen MR) is 48.9 cm³/mol.